The predicted molar refractivity (Wildman–Crippen MR) is 239 cm³/mol. The number of esters is 1. The van der Waals surface area contributed by atoms with Gasteiger partial charge >= 0.3 is 11.9 Å². The summed E-state index contributed by atoms with van der Waals surface area (Å²) < 4.78 is 31.3. The van der Waals surface area contributed by atoms with E-state index in [1.165, 1.54) is 18.6 Å². The SMILES string of the molecule is C.C.C.CCOC(=O)C(Br)c1ccc(Cl)cc1.COCc1coc(-c2cc(Cl)ccc2O)n1.COCc1coc(-c2cc(Cl)ccc2OC(C(=O)O)c2ccc(Cl)cc2)n1. The van der Waals surface area contributed by atoms with E-state index in [0.29, 0.717) is 67.3 Å². The lowest BCUT2D eigenvalue weighted by atomic mass is 10.1. The van der Waals surface area contributed by atoms with Crippen LogP contribution in [0.25, 0.3) is 22.9 Å². The molecule has 2 N–H and O–H groups in total. The highest BCUT2D eigenvalue weighted by atomic mass is 79.9. The van der Waals surface area contributed by atoms with Crippen LogP contribution in [-0.4, -0.2) is 52.9 Å². The highest BCUT2D eigenvalue weighted by Gasteiger charge is 2.25. The fourth-order valence-corrected chi connectivity index (χ4v) is 5.78. The Morgan fingerprint density at radius 1 is 0.700 bits per heavy atom. The Balaban J connectivity index is 0.000000471. The van der Waals surface area contributed by atoms with Crippen molar-refractivity contribution >= 4 is 74.3 Å². The number of benzene rings is 4. The van der Waals surface area contributed by atoms with Crippen LogP contribution in [0.4, 0.5) is 0 Å². The maximum absolute atomic E-state index is 11.8. The highest BCUT2D eigenvalue weighted by molar-refractivity contribution is 9.09. The maximum Gasteiger partial charge on any atom is 0.349 e. The summed E-state index contributed by atoms with van der Waals surface area (Å²) in [6, 6.07) is 22.9. The van der Waals surface area contributed by atoms with Crippen LogP contribution in [-0.2, 0) is 37.0 Å². The van der Waals surface area contributed by atoms with Gasteiger partial charge in [0.1, 0.15) is 40.2 Å². The number of phenols is 1. The van der Waals surface area contributed by atoms with Crippen LogP contribution in [0, 0.1) is 0 Å². The number of rotatable bonds is 13. The number of alkyl halides is 1. The number of ether oxygens (including phenoxy) is 4. The van der Waals surface area contributed by atoms with Gasteiger partial charge in [-0.1, -0.05) is 109 Å². The molecule has 0 aliphatic carbocycles. The van der Waals surface area contributed by atoms with Crippen molar-refractivity contribution in [2.45, 2.75) is 53.3 Å². The summed E-state index contributed by atoms with van der Waals surface area (Å²) in [5.74, 6) is -0.504. The molecule has 2 atom stereocenters. The molecule has 2 unspecified atom stereocenters. The van der Waals surface area contributed by atoms with Gasteiger partial charge < -0.3 is 38.0 Å². The number of aliphatic carboxylic acids is 1. The number of phenolic OH excluding ortho intramolecular Hbond substituents is 1. The van der Waals surface area contributed by atoms with Crippen molar-refractivity contribution in [3.63, 3.8) is 0 Å². The molecule has 60 heavy (non-hydrogen) atoms. The highest BCUT2D eigenvalue weighted by Crippen LogP contribution is 2.36. The standard InChI is InChI=1S/C19H15Cl2NO5.C11H10ClNO3.C10H10BrClO2.3CH4/c1-25-9-14-10-26-18(22-14)15-8-13(21)6-7-16(15)27-17(19(23)24)11-2-4-12(20)5-3-11;1-15-5-8-6-16-11(13-8)9-4-7(12)2-3-10(9)14;1-2-14-10(13)9(11)7-3-5-8(12)6-4-7;;;/h2-8,10,17H,9H2,1H3,(H,23,24);2-4,6,14H,5H2,1H3;3-6,9H,2H2,1H3;3*1H4. The molecule has 6 aromatic rings. The van der Waals surface area contributed by atoms with Crippen molar-refractivity contribution in [3.05, 3.63) is 140 Å². The summed E-state index contributed by atoms with van der Waals surface area (Å²) >= 11 is 26.8. The largest absolute Gasteiger partial charge is 0.507 e. The second kappa shape index (κ2) is 26.6. The van der Waals surface area contributed by atoms with Crippen LogP contribution in [0.3, 0.4) is 0 Å². The number of hydrogen-bond acceptors (Lipinski definition) is 11. The van der Waals surface area contributed by atoms with Gasteiger partial charge in [0.25, 0.3) is 0 Å². The van der Waals surface area contributed by atoms with E-state index in [1.807, 2.05) is 0 Å². The van der Waals surface area contributed by atoms with Gasteiger partial charge in [0.15, 0.2) is 0 Å². The number of carboxylic acid groups (broad SMARTS) is 1. The minimum Gasteiger partial charge on any atom is -0.507 e. The summed E-state index contributed by atoms with van der Waals surface area (Å²) in [7, 11) is 3.12. The molecule has 4 aromatic carbocycles. The maximum atomic E-state index is 11.8. The summed E-state index contributed by atoms with van der Waals surface area (Å²) in [6.45, 7) is 2.81. The van der Waals surface area contributed by atoms with Gasteiger partial charge in [-0.2, -0.15) is 0 Å². The Bertz CT molecular complexity index is 2220. The van der Waals surface area contributed by atoms with Gasteiger partial charge in [-0.15, -0.1) is 0 Å². The fourth-order valence-electron chi connectivity index (χ4n) is 4.75. The van der Waals surface area contributed by atoms with E-state index < -0.39 is 16.9 Å². The zero-order valence-electron chi connectivity index (χ0n) is 30.5. The Morgan fingerprint density at radius 2 is 1.15 bits per heavy atom. The lowest BCUT2D eigenvalue weighted by molar-refractivity contribution is -0.145. The number of aromatic nitrogens is 2. The van der Waals surface area contributed by atoms with Crippen molar-refractivity contribution in [1.82, 2.24) is 9.97 Å². The number of halogens is 5. The smallest absolute Gasteiger partial charge is 0.349 e. The molecule has 0 fully saturated rings. The number of carbonyl (C=O) groups is 2. The van der Waals surface area contributed by atoms with E-state index >= 15 is 0 Å². The van der Waals surface area contributed by atoms with E-state index in [2.05, 4.69) is 25.9 Å². The van der Waals surface area contributed by atoms with Crippen molar-refractivity contribution in [3.8, 4) is 34.4 Å². The molecule has 2 aromatic heterocycles. The third kappa shape index (κ3) is 15.8. The molecular formula is C43H47BrCl4N2O10. The van der Waals surface area contributed by atoms with E-state index in [4.69, 9.17) is 74.2 Å². The molecule has 0 amide bonds. The Hall–Kier alpha value is -4.60. The van der Waals surface area contributed by atoms with Crippen LogP contribution < -0.4 is 4.74 Å². The van der Waals surface area contributed by atoms with Gasteiger partial charge in [-0.25, -0.2) is 14.8 Å². The monoisotopic (exact) mass is 970 g/mol. The lowest BCUT2D eigenvalue weighted by Gasteiger charge is -2.17. The molecule has 6 rings (SSSR count). The van der Waals surface area contributed by atoms with Crippen molar-refractivity contribution < 1.29 is 47.6 Å². The van der Waals surface area contributed by atoms with Crippen LogP contribution in [0.15, 0.2) is 106 Å². The summed E-state index contributed by atoms with van der Waals surface area (Å²) in [6.07, 6.45) is 1.70. The Labute approximate surface area is 378 Å². The fraction of sp³-hybridized carbons (Fsp3) is 0.256. The Morgan fingerprint density at radius 3 is 1.63 bits per heavy atom. The first-order chi connectivity index (χ1) is 27.3. The summed E-state index contributed by atoms with van der Waals surface area (Å²) in [5.41, 5.74) is 3.44. The molecule has 12 nitrogen and oxygen atoms in total. The molecule has 324 valence electrons. The third-order valence-corrected chi connectivity index (χ3v) is 9.22. The van der Waals surface area contributed by atoms with Crippen LogP contribution in [0.5, 0.6) is 11.5 Å². The zero-order chi connectivity index (χ0) is 41.5. The van der Waals surface area contributed by atoms with E-state index in [9.17, 15) is 19.8 Å². The van der Waals surface area contributed by atoms with Crippen molar-refractivity contribution in [1.29, 1.82) is 0 Å². The molecule has 0 bridgehead atoms. The molecule has 0 spiro atoms. The molecular weight excluding hydrogens is 926 g/mol. The summed E-state index contributed by atoms with van der Waals surface area (Å²) in [5, 5.41) is 21.3. The van der Waals surface area contributed by atoms with E-state index in [0.717, 1.165) is 5.56 Å². The van der Waals surface area contributed by atoms with Gasteiger partial charge in [-0.05, 0) is 73.2 Å². The molecule has 0 saturated carbocycles. The zero-order valence-corrected chi connectivity index (χ0v) is 35.1. The average Bonchev–Trinajstić information content (AvgIpc) is 3.87. The number of carboxylic acids is 1. The molecule has 0 aliphatic heterocycles. The quantitative estimate of drug-likeness (QED) is 0.0833. The number of methoxy groups -OCH3 is 2. The molecule has 0 saturated heterocycles. The van der Waals surface area contributed by atoms with Crippen molar-refractivity contribution in [2.75, 3.05) is 20.8 Å². The van der Waals surface area contributed by atoms with Gasteiger partial charge in [-0.3, -0.25) is 4.79 Å². The normalized spacial score (nSPS) is 11.1. The molecule has 2 heterocycles. The number of aromatic hydroxyl groups is 1. The lowest BCUT2D eigenvalue weighted by Crippen LogP contribution is -2.18. The first kappa shape index (κ1) is 53.4. The van der Waals surface area contributed by atoms with Crippen molar-refractivity contribution in [2.24, 2.45) is 0 Å². The number of carbonyl (C=O) groups excluding carboxylic acids is 1. The molecule has 17 heteroatoms. The van der Waals surface area contributed by atoms with E-state index in [1.54, 1.807) is 100 Å². The van der Waals surface area contributed by atoms with E-state index in [-0.39, 0.29) is 52.2 Å². The first-order valence-electron chi connectivity index (χ1n) is 16.7. The van der Waals surface area contributed by atoms with Crippen LogP contribution >= 0.6 is 62.3 Å². The van der Waals surface area contributed by atoms with Gasteiger partial charge in [0.2, 0.25) is 17.9 Å². The average molecular weight is 974 g/mol. The van der Waals surface area contributed by atoms with Gasteiger partial charge in [0.05, 0.1) is 30.9 Å². The second-order valence-corrected chi connectivity index (χ2v) is 14.2. The number of hydrogen-bond donors (Lipinski definition) is 2. The molecule has 0 aliphatic rings. The topological polar surface area (TPSA) is 164 Å². The minimum absolute atomic E-state index is 0. The number of oxazole rings is 2. The first-order valence-corrected chi connectivity index (χ1v) is 19.1. The predicted octanol–water partition coefficient (Wildman–Crippen LogP) is 13.1. The molecule has 0 radical (unpaired) electrons. The van der Waals surface area contributed by atoms with Crippen LogP contribution in [0.2, 0.25) is 20.1 Å². The van der Waals surface area contributed by atoms with Crippen LogP contribution in [0.1, 0.15) is 62.6 Å². The van der Waals surface area contributed by atoms with Gasteiger partial charge in [0, 0.05) is 39.9 Å². The third-order valence-electron chi connectivity index (χ3n) is 7.35. The second-order valence-electron chi connectivity index (χ2n) is 11.5. The summed E-state index contributed by atoms with van der Waals surface area (Å²) in [4.78, 5) is 31.1. The minimum atomic E-state index is -1.24. The Kier molecular flexibility index (Phi) is 23.7. The number of nitrogens with zero attached hydrogens (tertiary/aromatic N) is 2.